The van der Waals surface area contributed by atoms with Gasteiger partial charge in [-0.25, -0.2) is 9.97 Å². The lowest BCUT2D eigenvalue weighted by molar-refractivity contribution is -0.118. The Balaban J connectivity index is 1.52. The molecule has 1 amide bonds. The maximum absolute atomic E-state index is 12.3. The second kappa shape index (κ2) is 6.44. The molecule has 0 unspecified atom stereocenters. The molecule has 1 aliphatic rings. The minimum atomic E-state index is -0.184. The molecule has 0 atom stereocenters. The smallest absolute Gasteiger partial charge is 0.262 e. The van der Waals surface area contributed by atoms with Gasteiger partial charge in [-0.3, -0.25) is 4.79 Å². The van der Waals surface area contributed by atoms with Gasteiger partial charge in [0.25, 0.3) is 5.91 Å². The third-order valence-electron chi connectivity index (χ3n) is 4.55. The Morgan fingerprint density at radius 1 is 1.24 bits per heavy atom. The highest BCUT2D eigenvalue weighted by molar-refractivity contribution is 7.18. The lowest BCUT2D eigenvalue weighted by Crippen LogP contribution is -2.21. The molecule has 1 aliphatic carbocycles. The van der Waals surface area contributed by atoms with E-state index >= 15 is 0 Å². The number of fused-ring (bicyclic) bond motifs is 3. The molecule has 0 bridgehead atoms. The Bertz CT molecular complexity index is 944. The maximum atomic E-state index is 12.3. The standard InChI is InChI=1S/C19H19N3O2S/c1-11-5-3-6-12(2)17(11)22-15(23)9-24-18-16-13-7-4-8-14(13)25-19(16)21-10-20-18/h3,5-6,10H,4,7-9H2,1-2H3,(H,22,23). The molecule has 2 aromatic heterocycles. The number of aromatic nitrogens is 2. The van der Waals surface area contributed by atoms with Crippen LogP contribution in [0.1, 0.15) is 28.0 Å². The summed E-state index contributed by atoms with van der Waals surface area (Å²) >= 11 is 1.71. The molecular formula is C19H19N3O2S. The molecule has 0 saturated carbocycles. The third kappa shape index (κ3) is 2.98. The SMILES string of the molecule is Cc1cccc(C)c1NC(=O)COc1ncnc2sc3c(c12)CCC3. The first-order valence-corrected chi connectivity index (χ1v) is 9.19. The summed E-state index contributed by atoms with van der Waals surface area (Å²) in [5, 5.41) is 3.92. The summed E-state index contributed by atoms with van der Waals surface area (Å²) in [6.45, 7) is 3.89. The zero-order valence-corrected chi connectivity index (χ0v) is 15.1. The highest BCUT2D eigenvalue weighted by Crippen LogP contribution is 2.39. The first-order valence-electron chi connectivity index (χ1n) is 8.37. The van der Waals surface area contributed by atoms with E-state index in [1.54, 1.807) is 11.3 Å². The predicted molar refractivity (Wildman–Crippen MR) is 99.5 cm³/mol. The Hall–Kier alpha value is -2.47. The Kier molecular flexibility index (Phi) is 4.13. The molecule has 0 fully saturated rings. The quantitative estimate of drug-likeness (QED) is 0.774. The van der Waals surface area contributed by atoms with Gasteiger partial charge in [0.1, 0.15) is 11.2 Å². The molecule has 6 heteroatoms. The summed E-state index contributed by atoms with van der Waals surface area (Å²) in [7, 11) is 0. The summed E-state index contributed by atoms with van der Waals surface area (Å²) in [5.74, 6) is 0.331. The van der Waals surface area contributed by atoms with Crippen LogP contribution in [0.4, 0.5) is 5.69 Å². The van der Waals surface area contributed by atoms with Crippen molar-refractivity contribution >= 4 is 33.1 Å². The molecule has 3 aromatic rings. The van der Waals surface area contributed by atoms with E-state index in [4.69, 9.17) is 4.74 Å². The Morgan fingerprint density at radius 2 is 2.04 bits per heavy atom. The van der Waals surface area contributed by atoms with Gasteiger partial charge in [-0.05, 0) is 49.8 Å². The molecule has 5 nitrogen and oxygen atoms in total. The highest BCUT2D eigenvalue weighted by atomic mass is 32.1. The molecule has 0 spiro atoms. The van der Waals surface area contributed by atoms with Crippen LogP contribution >= 0.6 is 11.3 Å². The van der Waals surface area contributed by atoms with Gasteiger partial charge in [0, 0.05) is 10.6 Å². The monoisotopic (exact) mass is 353 g/mol. The molecule has 1 aromatic carbocycles. The summed E-state index contributed by atoms with van der Waals surface area (Å²) in [4.78, 5) is 23.3. The molecule has 25 heavy (non-hydrogen) atoms. The van der Waals surface area contributed by atoms with Crippen LogP contribution in [0.2, 0.25) is 0 Å². The fourth-order valence-corrected chi connectivity index (χ4v) is 4.55. The average molecular weight is 353 g/mol. The molecular weight excluding hydrogens is 334 g/mol. The molecule has 0 radical (unpaired) electrons. The average Bonchev–Trinajstić information content (AvgIpc) is 3.17. The minimum absolute atomic E-state index is 0.0650. The number of ether oxygens (including phenoxy) is 1. The van der Waals surface area contributed by atoms with E-state index in [1.165, 1.54) is 23.2 Å². The Labute approximate surface area is 150 Å². The highest BCUT2D eigenvalue weighted by Gasteiger charge is 2.22. The van der Waals surface area contributed by atoms with Gasteiger partial charge in [0.15, 0.2) is 6.61 Å². The van der Waals surface area contributed by atoms with Crippen molar-refractivity contribution in [3.8, 4) is 5.88 Å². The molecule has 0 aliphatic heterocycles. The van der Waals surface area contributed by atoms with Crippen LogP contribution < -0.4 is 10.1 Å². The van der Waals surface area contributed by atoms with Gasteiger partial charge in [-0.1, -0.05) is 18.2 Å². The van der Waals surface area contributed by atoms with Crippen molar-refractivity contribution in [3.05, 3.63) is 46.1 Å². The van der Waals surface area contributed by atoms with E-state index in [9.17, 15) is 4.79 Å². The third-order valence-corrected chi connectivity index (χ3v) is 5.75. The van der Waals surface area contributed by atoms with E-state index in [2.05, 4.69) is 15.3 Å². The number of nitrogens with one attached hydrogen (secondary N) is 1. The predicted octanol–water partition coefficient (Wildman–Crippen LogP) is 3.81. The molecule has 4 rings (SSSR count). The number of thiophene rings is 1. The van der Waals surface area contributed by atoms with Crippen LogP contribution in [0.3, 0.4) is 0 Å². The van der Waals surface area contributed by atoms with Crippen molar-refractivity contribution in [3.63, 3.8) is 0 Å². The number of carbonyl (C=O) groups is 1. The van der Waals surface area contributed by atoms with Crippen LogP contribution in [0.25, 0.3) is 10.2 Å². The largest absolute Gasteiger partial charge is 0.467 e. The summed E-state index contributed by atoms with van der Waals surface area (Å²) in [6, 6.07) is 5.93. The van der Waals surface area contributed by atoms with E-state index < -0.39 is 0 Å². The van der Waals surface area contributed by atoms with Crippen molar-refractivity contribution in [1.29, 1.82) is 0 Å². The van der Waals surface area contributed by atoms with Gasteiger partial charge in [-0.2, -0.15) is 0 Å². The first kappa shape index (κ1) is 16.0. The fraction of sp³-hybridized carbons (Fsp3) is 0.316. The number of carbonyl (C=O) groups excluding carboxylic acids is 1. The normalized spacial score (nSPS) is 13.0. The lowest BCUT2D eigenvalue weighted by Gasteiger charge is -2.12. The van der Waals surface area contributed by atoms with Gasteiger partial charge in [0.05, 0.1) is 5.39 Å². The number of para-hydroxylation sites is 1. The van der Waals surface area contributed by atoms with Crippen LogP contribution in [-0.2, 0) is 17.6 Å². The number of anilines is 1. The molecule has 1 N–H and O–H groups in total. The summed E-state index contributed by atoms with van der Waals surface area (Å²) in [5.41, 5.74) is 4.22. The van der Waals surface area contributed by atoms with Gasteiger partial charge in [-0.15, -0.1) is 11.3 Å². The van der Waals surface area contributed by atoms with E-state index in [-0.39, 0.29) is 12.5 Å². The fourth-order valence-electron chi connectivity index (χ4n) is 3.33. The maximum Gasteiger partial charge on any atom is 0.262 e. The minimum Gasteiger partial charge on any atom is -0.467 e. The van der Waals surface area contributed by atoms with E-state index in [1.807, 2.05) is 32.0 Å². The molecule has 128 valence electrons. The number of hydrogen-bond donors (Lipinski definition) is 1. The van der Waals surface area contributed by atoms with Crippen LogP contribution in [0.5, 0.6) is 5.88 Å². The van der Waals surface area contributed by atoms with Crippen molar-refractivity contribution in [2.45, 2.75) is 33.1 Å². The van der Waals surface area contributed by atoms with Crippen LogP contribution in [0.15, 0.2) is 24.5 Å². The number of aryl methyl sites for hydroxylation is 4. The lowest BCUT2D eigenvalue weighted by atomic mass is 10.1. The second-order valence-corrected chi connectivity index (χ2v) is 7.40. The topological polar surface area (TPSA) is 64.1 Å². The second-order valence-electron chi connectivity index (χ2n) is 6.32. The zero-order chi connectivity index (χ0) is 17.4. The van der Waals surface area contributed by atoms with Crippen molar-refractivity contribution in [2.75, 3.05) is 11.9 Å². The van der Waals surface area contributed by atoms with Crippen LogP contribution in [0, 0.1) is 13.8 Å². The van der Waals surface area contributed by atoms with Gasteiger partial charge in [0.2, 0.25) is 5.88 Å². The van der Waals surface area contributed by atoms with Crippen molar-refractivity contribution in [1.82, 2.24) is 9.97 Å². The van der Waals surface area contributed by atoms with Gasteiger partial charge >= 0.3 is 0 Å². The number of nitrogens with zero attached hydrogens (tertiary/aromatic N) is 2. The number of amides is 1. The van der Waals surface area contributed by atoms with E-state index in [0.29, 0.717) is 5.88 Å². The van der Waals surface area contributed by atoms with Crippen LogP contribution in [-0.4, -0.2) is 22.5 Å². The Morgan fingerprint density at radius 3 is 2.84 bits per heavy atom. The number of benzene rings is 1. The first-order chi connectivity index (χ1) is 12.1. The van der Waals surface area contributed by atoms with Gasteiger partial charge < -0.3 is 10.1 Å². The van der Waals surface area contributed by atoms with Crippen molar-refractivity contribution in [2.24, 2.45) is 0 Å². The van der Waals surface area contributed by atoms with Crippen molar-refractivity contribution < 1.29 is 9.53 Å². The number of rotatable bonds is 4. The zero-order valence-electron chi connectivity index (χ0n) is 14.3. The van der Waals surface area contributed by atoms with E-state index in [0.717, 1.165) is 39.9 Å². The summed E-state index contributed by atoms with van der Waals surface area (Å²) in [6.07, 6.45) is 4.81. The summed E-state index contributed by atoms with van der Waals surface area (Å²) < 4.78 is 5.76. The molecule has 2 heterocycles. The molecule has 0 saturated heterocycles. The number of hydrogen-bond acceptors (Lipinski definition) is 5.